The Morgan fingerprint density at radius 3 is 2.50 bits per heavy atom. The highest BCUT2D eigenvalue weighted by atomic mass is 32.1. The molecule has 1 aliphatic rings. The highest BCUT2D eigenvalue weighted by Gasteiger charge is 2.35. The van der Waals surface area contributed by atoms with Crippen LogP contribution in [0.3, 0.4) is 0 Å². The summed E-state index contributed by atoms with van der Waals surface area (Å²) in [4.78, 5) is 47.4. The zero-order valence-electron chi connectivity index (χ0n) is 24.4. The molecule has 0 saturated heterocycles. The third kappa shape index (κ3) is 5.18. The fourth-order valence-electron chi connectivity index (χ4n) is 5.47. The lowest BCUT2D eigenvalue weighted by Gasteiger charge is -2.29. The summed E-state index contributed by atoms with van der Waals surface area (Å²) in [7, 11) is 1.58. The summed E-state index contributed by atoms with van der Waals surface area (Å²) >= 11 is 1.27. The van der Waals surface area contributed by atoms with E-state index < -0.39 is 6.04 Å². The Kier molecular flexibility index (Phi) is 8.44. The predicted octanol–water partition coefficient (Wildman–Crippen LogP) is 3.63. The van der Waals surface area contributed by atoms with Crippen molar-refractivity contribution in [3.63, 3.8) is 0 Å². The topological polar surface area (TPSA) is 95.1 Å². The Bertz CT molecular complexity index is 1880. The number of amides is 1. The van der Waals surface area contributed by atoms with Gasteiger partial charge < -0.3 is 18.9 Å². The zero-order chi connectivity index (χ0) is 30.0. The van der Waals surface area contributed by atoms with Gasteiger partial charge in [0.05, 0.1) is 29.5 Å². The van der Waals surface area contributed by atoms with E-state index >= 15 is 0 Å². The van der Waals surface area contributed by atoms with Gasteiger partial charge in [-0.05, 0) is 45.9 Å². The maximum atomic E-state index is 14.2. The van der Waals surface area contributed by atoms with Crippen LogP contribution in [-0.2, 0) is 20.9 Å². The molecule has 5 rings (SSSR count). The molecule has 0 spiro atoms. The fourth-order valence-corrected chi connectivity index (χ4v) is 6.51. The molecule has 0 radical (unpaired) electrons. The molecule has 0 N–H and O–H groups in total. The van der Waals surface area contributed by atoms with Gasteiger partial charge in [0.15, 0.2) is 4.80 Å². The van der Waals surface area contributed by atoms with Crippen LogP contribution < -0.4 is 19.6 Å². The molecule has 4 aromatic rings. The average Bonchev–Trinajstić information content (AvgIpc) is 3.49. The second kappa shape index (κ2) is 12.2. The van der Waals surface area contributed by atoms with Crippen molar-refractivity contribution in [2.24, 2.45) is 4.99 Å². The number of ether oxygens (including phenoxy) is 2. The van der Waals surface area contributed by atoms with Crippen molar-refractivity contribution in [1.29, 1.82) is 0 Å². The molecule has 218 valence electrons. The number of fused-ring (bicyclic) bond motifs is 2. The Morgan fingerprint density at radius 2 is 1.79 bits per heavy atom. The van der Waals surface area contributed by atoms with Gasteiger partial charge in [0.25, 0.3) is 11.5 Å². The first kappa shape index (κ1) is 29.1. The van der Waals surface area contributed by atoms with E-state index in [2.05, 4.69) is 0 Å². The molecule has 2 aromatic carbocycles. The number of hydrogen-bond donors (Lipinski definition) is 0. The molecule has 0 fully saturated rings. The van der Waals surface area contributed by atoms with E-state index in [1.54, 1.807) is 23.5 Å². The quantitative estimate of drug-likeness (QED) is 0.279. The van der Waals surface area contributed by atoms with E-state index in [1.807, 2.05) is 86.1 Å². The fraction of sp³-hybridized carbons (Fsp3) is 0.312. The molecular weight excluding hydrogens is 552 g/mol. The number of esters is 1. The van der Waals surface area contributed by atoms with E-state index in [0.717, 1.165) is 16.5 Å². The maximum absolute atomic E-state index is 14.2. The first-order chi connectivity index (χ1) is 20.3. The largest absolute Gasteiger partial charge is 0.496 e. The number of carbonyl (C=O) groups excluding carboxylic acids is 2. The normalized spacial score (nSPS) is 15.0. The van der Waals surface area contributed by atoms with Crippen LogP contribution in [0.1, 0.15) is 44.9 Å². The summed E-state index contributed by atoms with van der Waals surface area (Å²) in [5, 5.41) is 0.905. The Morgan fingerprint density at radius 1 is 1.07 bits per heavy atom. The van der Waals surface area contributed by atoms with Crippen LogP contribution in [0.25, 0.3) is 17.0 Å². The van der Waals surface area contributed by atoms with E-state index in [1.165, 1.54) is 11.3 Å². The minimum Gasteiger partial charge on any atom is -0.496 e. The number of nitrogens with zero attached hydrogens (tertiary/aromatic N) is 4. The smallest absolute Gasteiger partial charge is 0.325 e. The number of allylic oxidation sites excluding steroid dienone is 1. The number of thiazole rings is 1. The molecule has 1 aliphatic heterocycles. The zero-order valence-corrected chi connectivity index (χ0v) is 25.2. The molecule has 2 aromatic heterocycles. The molecule has 9 nitrogen and oxygen atoms in total. The SMILES string of the molecule is CCOC(=O)Cn1cc(/C=c2/sc3n(c2=O)[C@@H](c2ccccc2OC)C(C(=O)N(CC)CC)=C(C)N=3)c2ccccc21. The van der Waals surface area contributed by atoms with Crippen molar-refractivity contribution >= 4 is 40.2 Å². The van der Waals surface area contributed by atoms with Crippen LogP contribution in [0.2, 0.25) is 0 Å². The second-order valence-corrected chi connectivity index (χ2v) is 10.8. The number of benzene rings is 2. The van der Waals surface area contributed by atoms with Crippen molar-refractivity contribution in [2.45, 2.75) is 40.3 Å². The Balaban J connectivity index is 1.72. The molecule has 1 atom stereocenters. The molecule has 0 unspecified atom stereocenters. The van der Waals surface area contributed by atoms with Gasteiger partial charge in [0, 0.05) is 41.3 Å². The summed E-state index contributed by atoms with van der Waals surface area (Å²) < 4.78 is 14.8. The van der Waals surface area contributed by atoms with E-state index in [-0.39, 0.29) is 24.0 Å². The van der Waals surface area contributed by atoms with Gasteiger partial charge in [-0.3, -0.25) is 19.0 Å². The number of hydrogen-bond acceptors (Lipinski definition) is 7. The van der Waals surface area contributed by atoms with Crippen LogP contribution in [0.5, 0.6) is 5.75 Å². The van der Waals surface area contributed by atoms with Gasteiger partial charge in [-0.1, -0.05) is 47.7 Å². The van der Waals surface area contributed by atoms with Crippen LogP contribution in [0.4, 0.5) is 0 Å². The first-order valence-corrected chi connectivity index (χ1v) is 14.8. The first-order valence-electron chi connectivity index (χ1n) is 14.0. The number of rotatable bonds is 9. The van der Waals surface area contributed by atoms with Crippen molar-refractivity contribution in [1.82, 2.24) is 14.0 Å². The summed E-state index contributed by atoms with van der Waals surface area (Å²) in [5.74, 6) is 0.0917. The van der Waals surface area contributed by atoms with Crippen molar-refractivity contribution < 1.29 is 19.1 Å². The molecule has 0 bridgehead atoms. The van der Waals surface area contributed by atoms with E-state index in [4.69, 9.17) is 14.5 Å². The van der Waals surface area contributed by atoms with Crippen molar-refractivity contribution in [2.75, 3.05) is 26.8 Å². The minimum absolute atomic E-state index is 0.0628. The van der Waals surface area contributed by atoms with Gasteiger partial charge >= 0.3 is 5.97 Å². The summed E-state index contributed by atoms with van der Waals surface area (Å²) in [6.07, 6.45) is 3.69. The van der Waals surface area contributed by atoms with Crippen LogP contribution in [0.15, 0.2) is 75.8 Å². The molecule has 0 aliphatic carbocycles. The van der Waals surface area contributed by atoms with Crippen LogP contribution in [-0.4, -0.2) is 52.7 Å². The van der Waals surface area contributed by atoms with E-state index in [0.29, 0.717) is 51.6 Å². The third-order valence-electron chi connectivity index (χ3n) is 7.45. The lowest BCUT2D eigenvalue weighted by molar-refractivity contribution is -0.143. The number of methoxy groups -OCH3 is 1. The van der Waals surface area contributed by atoms with Gasteiger partial charge in [-0.2, -0.15) is 0 Å². The molecule has 42 heavy (non-hydrogen) atoms. The standard InChI is InChI=1S/C32H34N4O5S/c1-6-34(7-2)31(39)28-20(4)33-32-36(29(28)23-14-10-12-16-25(23)40-5)30(38)26(42-32)17-21-18-35(19-27(37)41-8-3)24-15-11-9-13-22(21)24/h9-18,29H,6-8,19H2,1-5H3/b26-17+/t29-/m0/s1. The second-order valence-electron chi connectivity index (χ2n) is 9.84. The highest BCUT2D eigenvalue weighted by Crippen LogP contribution is 2.36. The third-order valence-corrected chi connectivity index (χ3v) is 8.43. The Labute approximate surface area is 247 Å². The van der Waals surface area contributed by atoms with Crippen LogP contribution >= 0.6 is 11.3 Å². The summed E-state index contributed by atoms with van der Waals surface area (Å²) in [5.41, 5.74) is 3.14. The van der Waals surface area contributed by atoms with Crippen LogP contribution in [0, 0.1) is 0 Å². The van der Waals surface area contributed by atoms with Gasteiger partial charge in [-0.25, -0.2) is 4.99 Å². The molecule has 10 heteroatoms. The lowest BCUT2D eigenvalue weighted by Crippen LogP contribution is -2.43. The molecule has 3 heterocycles. The number of aromatic nitrogens is 2. The minimum atomic E-state index is -0.710. The summed E-state index contributed by atoms with van der Waals surface area (Å²) in [6.45, 7) is 8.89. The predicted molar refractivity (Wildman–Crippen MR) is 163 cm³/mol. The molecule has 0 saturated carbocycles. The van der Waals surface area contributed by atoms with Gasteiger partial charge in [0.1, 0.15) is 18.3 Å². The van der Waals surface area contributed by atoms with Gasteiger partial charge in [0.2, 0.25) is 0 Å². The number of para-hydroxylation sites is 2. The van der Waals surface area contributed by atoms with Gasteiger partial charge in [-0.15, -0.1) is 0 Å². The molecular formula is C32H34N4O5S. The summed E-state index contributed by atoms with van der Waals surface area (Å²) in [6, 6.07) is 14.5. The number of carbonyl (C=O) groups is 2. The van der Waals surface area contributed by atoms with E-state index in [9.17, 15) is 14.4 Å². The Hall–Kier alpha value is -4.44. The monoisotopic (exact) mass is 586 g/mol. The maximum Gasteiger partial charge on any atom is 0.325 e. The highest BCUT2D eigenvalue weighted by molar-refractivity contribution is 7.07. The average molecular weight is 587 g/mol. The van der Waals surface area contributed by atoms with Crippen molar-refractivity contribution in [3.05, 3.63) is 96.8 Å². The lowest BCUT2D eigenvalue weighted by atomic mass is 9.94. The van der Waals surface area contributed by atoms with Crippen molar-refractivity contribution in [3.8, 4) is 5.75 Å². The molecule has 1 amide bonds. The number of likely N-dealkylation sites (N-methyl/N-ethyl adjacent to an activating group) is 1.